The number of amides is 1. The first kappa shape index (κ1) is 19.9. The van der Waals surface area contributed by atoms with E-state index in [4.69, 9.17) is 16.3 Å². The van der Waals surface area contributed by atoms with Gasteiger partial charge in [-0.05, 0) is 57.2 Å². The highest BCUT2D eigenvalue weighted by atomic mass is 35.5. The first-order valence-electron chi connectivity index (χ1n) is 8.55. The summed E-state index contributed by atoms with van der Waals surface area (Å²) in [7, 11) is 0. The number of nitrogens with two attached hydrogens (primary N) is 1. The van der Waals surface area contributed by atoms with Crippen LogP contribution in [0.1, 0.15) is 42.7 Å². The van der Waals surface area contributed by atoms with Gasteiger partial charge in [-0.25, -0.2) is 4.79 Å². The Morgan fingerprint density at radius 2 is 1.65 bits per heavy atom. The van der Waals surface area contributed by atoms with Crippen molar-refractivity contribution in [3.05, 3.63) is 64.7 Å². The monoisotopic (exact) mass is 375 g/mol. The van der Waals surface area contributed by atoms with Crippen LogP contribution in [-0.2, 0) is 9.53 Å². The molecule has 0 unspecified atom stereocenters. The minimum Gasteiger partial charge on any atom is -0.459 e. The van der Waals surface area contributed by atoms with Crippen LogP contribution in [-0.4, -0.2) is 24.5 Å². The normalized spacial score (nSPS) is 11.9. The summed E-state index contributed by atoms with van der Waals surface area (Å²) < 4.78 is 5.13. The van der Waals surface area contributed by atoms with E-state index < -0.39 is 0 Å². The second-order valence-electron chi connectivity index (χ2n) is 6.36. The molecule has 0 aliphatic rings. The molecule has 2 rings (SSSR count). The highest BCUT2D eigenvalue weighted by molar-refractivity contribution is 6.30. The number of ether oxygens (including phenoxy) is 1. The highest BCUT2D eigenvalue weighted by Crippen LogP contribution is 2.14. The van der Waals surface area contributed by atoms with Gasteiger partial charge in [-0.1, -0.05) is 23.7 Å². The molecule has 1 amide bonds. The number of benzene rings is 2. The molecule has 26 heavy (non-hydrogen) atoms. The Bertz CT molecular complexity index is 743. The van der Waals surface area contributed by atoms with E-state index in [1.165, 1.54) is 0 Å². The number of hydrogen-bond acceptors (Lipinski definition) is 3. The Morgan fingerprint density at radius 3 is 2.23 bits per heavy atom. The van der Waals surface area contributed by atoms with E-state index in [-0.39, 0.29) is 24.0 Å². The van der Waals surface area contributed by atoms with Crippen molar-refractivity contribution in [2.45, 2.75) is 32.9 Å². The lowest BCUT2D eigenvalue weighted by atomic mass is 10.1. The molecule has 0 radical (unpaired) electrons. The van der Waals surface area contributed by atoms with E-state index >= 15 is 0 Å². The van der Waals surface area contributed by atoms with Gasteiger partial charge in [-0.15, -0.1) is 0 Å². The molecule has 0 aromatic heterocycles. The Hall–Kier alpha value is -2.37. The summed E-state index contributed by atoms with van der Waals surface area (Å²) in [4.78, 5) is 23.9. The first-order chi connectivity index (χ1) is 12.3. The van der Waals surface area contributed by atoms with Gasteiger partial charge in [0.1, 0.15) is 6.04 Å². The number of hydrogen-bond donors (Lipinski definition) is 2. The van der Waals surface area contributed by atoms with Crippen molar-refractivity contribution in [2.24, 2.45) is 0 Å². The summed E-state index contributed by atoms with van der Waals surface area (Å²) in [6, 6.07) is 14.4. The molecule has 0 aliphatic carbocycles. The molecule has 0 aliphatic heterocycles. The fraction of sp³-hybridized carbons (Fsp3) is 0.300. The van der Waals surface area contributed by atoms with E-state index in [1.54, 1.807) is 38.1 Å². The van der Waals surface area contributed by atoms with Crippen LogP contribution in [0, 0.1) is 0 Å². The Balaban J connectivity index is 1.83. The molecule has 0 saturated carbocycles. The molecule has 0 heterocycles. The van der Waals surface area contributed by atoms with Crippen molar-refractivity contribution >= 4 is 29.2 Å². The zero-order valence-electron chi connectivity index (χ0n) is 15.2. The van der Waals surface area contributed by atoms with Gasteiger partial charge in [0.15, 0.2) is 6.54 Å². The number of rotatable bonds is 7. The molecule has 0 saturated heterocycles. The van der Waals surface area contributed by atoms with Crippen LogP contribution in [0.25, 0.3) is 0 Å². The molecular weight excluding hydrogens is 352 g/mol. The van der Waals surface area contributed by atoms with Gasteiger partial charge in [0.05, 0.1) is 11.7 Å². The van der Waals surface area contributed by atoms with Crippen molar-refractivity contribution in [1.29, 1.82) is 0 Å². The third-order valence-electron chi connectivity index (χ3n) is 3.80. The third kappa shape index (κ3) is 6.17. The Kier molecular flexibility index (Phi) is 7.18. The molecule has 3 N–H and O–H groups in total. The second kappa shape index (κ2) is 9.36. The Morgan fingerprint density at radius 1 is 1.04 bits per heavy atom. The van der Waals surface area contributed by atoms with Crippen LogP contribution in [0.2, 0.25) is 5.02 Å². The van der Waals surface area contributed by atoms with Crippen LogP contribution in [0.3, 0.4) is 0 Å². The number of quaternary nitrogens is 1. The van der Waals surface area contributed by atoms with Crippen LogP contribution in [0.5, 0.6) is 0 Å². The average molecular weight is 376 g/mol. The smallest absolute Gasteiger partial charge is 0.338 e. The van der Waals surface area contributed by atoms with Crippen molar-refractivity contribution < 1.29 is 19.6 Å². The molecule has 138 valence electrons. The van der Waals surface area contributed by atoms with E-state index in [1.807, 2.05) is 36.5 Å². The number of carbonyl (C=O) groups is 2. The quantitative estimate of drug-likeness (QED) is 0.730. The minimum absolute atomic E-state index is 0.108. The number of nitrogens with one attached hydrogen (secondary N) is 1. The van der Waals surface area contributed by atoms with E-state index in [2.05, 4.69) is 5.32 Å². The average Bonchev–Trinajstić information content (AvgIpc) is 2.60. The van der Waals surface area contributed by atoms with E-state index in [0.29, 0.717) is 22.8 Å². The standard InChI is InChI=1S/C20H23ClN2O3/c1-13(2)26-20(25)16-6-10-18(11-7-16)23-19(24)12-22-14(3)15-4-8-17(21)9-5-15/h4-11,13-14,22H,12H2,1-3H3,(H,23,24)/p+1/t14-/m1/s1. The maximum absolute atomic E-state index is 12.1. The maximum atomic E-state index is 12.1. The molecule has 2 aromatic carbocycles. The summed E-state index contributed by atoms with van der Waals surface area (Å²) in [5.74, 6) is -0.480. The minimum atomic E-state index is -0.372. The lowest BCUT2D eigenvalue weighted by Crippen LogP contribution is -2.86. The predicted octanol–water partition coefficient (Wildman–Crippen LogP) is 3.17. The van der Waals surface area contributed by atoms with Crippen LogP contribution < -0.4 is 10.6 Å². The van der Waals surface area contributed by atoms with Crippen LogP contribution in [0.4, 0.5) is 5.69 Å². The van der Waals surface area contributed by atoms with Crippen LogP contribution >= 0.6 is 11.6 Å². The van der Waals surface area contributed by atoms with E-state index in [9.17, 15) is 9.59 Å². The zero-order chi connectivity index (χ0) is 19.1. The maximum Gasteiger partial charge on any atom is 0.338 e. The fourth-order valence-corrected chi connectivity index (χ4v) is 2.50. The molecule has 5 nitrogen and oxygen atoms in total. The second-order valence-corrected chi connectivity index (χ2v) is 6.80. The summed E-state index contributed by atoms with van der Waals surface area (Å²) >= 11 is 5.89. The molecule has 0 bridgehead atoms. The highest BCUT2D eigenvalue weighted by Gasteiger charge is 2.13. The summed E-state index contributed by atoms with van der Waals surface area (Å²) in [5.41, 5.74) is 2.21. The summed E-state index contributed by atoms with van der Waals surface area (Å²) in [6.07, 6.45) is -0.167. The largest absolute Gasteiger partial charge is 0.459 e. The van der Waals surface area contributed by atoms with E-state index in [0.717, 1.165) is 5.56 Å². The molecule has 0 spiro atoms. The molecule has 0 fully saturated rings. The van der Waals surface area contributed by atoms with Gasteiger partial charge >= 0.3 is 5.97 Å². The fourth-order valence-electron chi connectivity index (χ4n) is 2.37. The summed E-state index contributed by atoms with van der Waals surface area (Å²) in [6.45, 7) is 5.93. The summed E-state index contributed by atoms with van der Waals surface area (Å²) in [5, 5.41) is 5.47. The number of carbonyl (C=O) groups excluding carboxylic acids is 2. The topological polar surface area (TPSA) is 72.0 Å². The number of anilines is 1. The van der Waals surface area contributed by atoms with Crippen LogP contribution in [0.15, 0.2) is 48.5 Å². The van der Waals surface area contributed by atoms with Gasteiger partial charge in [-0.2, -0.15) is 0 Å². The van der Waals surface area contributed by atoms with Gasteiger partial charge in [0, 0.05) is 16.3 Å². The lowest BCUT2D eigenvalue weighted by Gasteiger charge is -2.12. The molecule has 6 heteroatoms. The number of esters is 1. The van der Waals surface area contributed by atoms with Gasteiger partial charge in [-0.3, -0.25) is 4.79 Å². The lowest BCUT2D eigenvalue weighted by molar-refractivity contribution is -0.682. The van der Waals surface area contributed by atoms with Gasteiger partial charge in [0.2, 0.25) is 0 Å². The molecule has 2 aromatic rings. The molecular formula is C20H24ClN2O3+. The Labute approximate surface area is 158 Å². The van der Waals surface area contributed by atoms with Gasteiger partial charge < -0.3 is 15.4 Å². The third-order valence-corrected chi connectivity index (χ3v) is 4.05. The van der Waals surface area contributed by atoms with Gasteiger partial charge in [0.25, 0.3) is 5.91 Å². The molecule has 1 atom stereocenters. The van der Waals surface area contributed by atoms with Crippen molar-refractivity contribution in [2.75, 3.05) is 11.9 Å². The predicted molar refractivity (Wildman–Crippen MR) is 102 cm³/mol. The number of halogens is 1. The van der Waals surface area contributed by atoms with Crippen molar-refractivity contribution in [3.63, 3.8) is 0 Å². The first-order valence-corrected chi connectivity index (χ1v) is 8.92. The SMILES string of the molecule is CC(C)OC(=O)c1ccc(NC(=O)C[NH2+][C@H](C)c2ccc(Cl)cc2)cc1. The van der Waals surface area contributed by atoms with Crippen molar-refractivity contribution in [3.8, 4) is 0 Å². The van der Waals surface area contributed by atoms with Crippen molar-refractivity contribution in [1.82, 2.24) is 0 Å². The zero-order valence-corrected chi connectivity index (χ0v) is 15.9.